The molecule has 1 heterocycles. The molecule has 0 fully saturated rings. The summed E-state index contributed by atoms with van der Waals surface area (Å²) in [4.78, 5) is 5.34. The van der Waals surface area contributed by atoms with Gasteiger partial charge in [-0.25, -0.2) is 4.98 Å². The number of rotatable bonds is 7. The fourth-order valence-electron chi connectivity index (χ4n) is 6.20. The van der Waals surface area contributed by atoms with Crippen LogP contribution in [0, 0.1) is 6.92 Å². The second-order valence-electron chi connectivity index (χ2n) is 11.7. The molecule has 0 amide bonds. The van der Waals surface area contributed by atoms with E-state index in [2.05, 4.69) is 136 Å². The first-order chi connectivity index (χ1) is 19.4. The van der Waals surface area contributed by atoms with Crippen LogP contribution in [-0.2, 0) is 6.42 Å². The molecular formula is C37H39N3. The second kappa shape index (κ2) is 10.8. The number of anilines is 3. The van der Waals surface area contributed by atoms with E-state index in [9.17, 15) is 0 Å². The zero-order chi connectivity index (χ0) is 27.8. The van der Waals surface area contributed by atoms with Crippen LogP contribution in [0.1, 0.15) is 79.8 Å². The predicted molar refractivity (Wildman–Crippen MR) is 171 cm³/mol. The number of nitrogens with one attached hydrogen (secondary N) is 2. The van der Waals surface area contributed by atoms with Gasteiger partial charge in [-0.15, -0.1) is 0 Å². The fourth-order valence-corrected chi connectivity index (χ4v) is 6.20. The van der Waals surface area contributed by atoms with Gasteiger partial charge in [-0.2, -0.15) is 0 Å². The highest BCUT2D eigenvalue weighted by molar-refractivity contribution is 5.94. The predicted octanol–water partition coefficient (Wildman–Crippen LogP) is 10.3. The molecule has 0 saturated carbocycles. The first-order valence-corrected chi connectivity index (χ1v) is 14.6. The number of fused-ring (bicyclic) bond motifs is 2. The molecule has 6 rings (SSSR count). The molecule has 0 bridgehead atoms. The van der Waals surface area contributed by atoms with Crippen molar-refractivity contribution in [2.45, 2.75) is 65.3 Å². The normalized spacial score (nSPS) is 14.6. The maximum absolute atomic E-state index is 5.34. The highest BCUT2D eigenvalue weighted by atomic mass is 14.9. The van der Waals surface area contributed by atoms with E-state index in [1.807, 2.05) is 0 Å². The van der Waals surface area contributed by atoms with E-state index in [4.69, 9.17) is 4.98 Å². The monoisotopic (exact) mass is 525 g/mol. The molecule has 202 valence electrons. The van der Waals surface area contributed by atoms with Crippen LogP contribution < -0.4 is 10.6 Å². The number of para-hydroxylation sites is 3. The molecule has 4 aromatic carbocycles. The molecule has 1 atom stereocenters. The van der Waals surface area contributed by atoms with Gasteiger partial charge in [0.1, 0.15) is 0 Å². The topological polar surface area (TPSA) is 37.0 Å². The van der Waals surface area contributed by atoms with E-state index in [1.165, 1.54) is 44.8 Å². The van der Waals surface area contributed by atoms with Gasteiger partial charge in [0.2, 0.25) is 0 Å². The molecule has 1 aliphatic carbocycles. The standard InChI is InChI=1S/C37H39N3/c1-23(2)28-14-10-15-29(24(3)4)37(28)40-34-18-9-13-27-20-21-32(39-36(27)34)30-16-8-12-26-19-22-33(35(26)30)38-31-17-7-6-11-25(31)5/h6-18,20-21,23-24,33,38,40H,19,22H2,1-5H3. The quantitative estimate of drug-likeness (QED) is 0.222. The third kappa shape index (κ3) is 4.86. The van der Waals surface area contributed by atoms with E-state index in [0.717, 1.165) is 35.1 Å². The Balaban J connectivity index is 1.43. The zero-order valence-corrected chi connectivity index (χ0v) is 24.3. The lowest BCUT2D eigenvalue weighted by Crippen LogP contribution is -2.09. The van der Waals surface area contributed by atoms with Gasteiger partial charge < -0.3 is 10.6 Å². The molecule has 3 nitrogen and oxygen atoms in total. The SMILES string of the molecule is Cc1ccccc1NC1CCc2cccc(-c3ccc4cccc(Nc5c(C(C)C)cccc5C(C)C)c4n3)c21. The molecule has 0 aliphatic heterocycles. The fraction of sp³-hybridized carbons (Fsp3) is 0.270. The average molecular weight is 526 g/mol. The van der Waals surface area contributed by atoms with Crippen molar-refractivity contribution < 1.29 is 0 Å². The van der Waals surface area contributed by atoms with Crippen LogP contribution in [0.2, 0.25) is 0 Å². The lowest BCUT2D eigenvalue weighted by atomic mass is 9.92. The summed E-state index contributed by atoms with van der Waals surface area (Å²) < 4.78 is 0. The summed E-state index contributed by atoms with van der Waals surface area (Å²) in [5, 5.41) is 8.84. The van der Waals surface area contributed by atoms with Crippen molar-refractivity contribution in [3.63, 3.8) is 0 Å². The molecule has 40 heavy (non-hydrogen) atoms. The van der Waals surface area contributed by atoms with Gasteiger partial charge in [-0.3, -0.25) is 0 Å². The lowest BCUT2D eigenvalue weighted by molar-refractivity contribution is 0.762. The van der Waals surface area contributed by atoms with Gasteiger partial charge >= 0.3 is 0 Å². The third-order valence-electron chi connectivity index (χ3n) is 8.35. The van der Waals surface area contributed by atoms with Crippen LogP contribution in [-0.4, -0.2) is 4.98 Å². The zero-order valence-electron chi connectivity index (χ0n) is 24.3. The number of aryl methyl sites for hydroxylation is 2. The first kappa shape index (κ1) is 26.1. The van der Waals surface area contributed by atoms with Crippen LogP contribution >= 0.6 is 0 Å². The number of nitrogens with zero attached hydrogens (tertiary/aromatic N) is 1. The molecule has 5 aromatic rings. The third-order valence-corrected chi connectivity index (χ3v) is 8.35. The molecule has 3 heteroatoms. The summed E-state index contributed by atoms with van der Waals surface area (Å²) in [5.41, 5.74) is 13.5. The Morgan fingerprint density at radius 2 is 1.43 bits per heavy atom. The van der Waals surface area contributed by atoms with Crippen molar-refractivity contribution in [3.8, 4) is 11.3 Å². The maximum Gasteiger partial charge on any atom is 0.0944 e. The van der Waals surface area contributed by atoms with Gasteiger partial charge in [0.25, 0.3) is 0 Å². The number of hydrogen-bond acceptors (Lipinski definition) is 3. The van der Waals surface area contributed by atoms with E-state index in [1.54, 1.807) is 0 Å². The molecule has 1 aromatic heterocycles. The molecule has 0 spiro atoms. The largest absolute Gasteiger partial charge is 0.378 e. The average Bonchev–Trinajstić information content (AvgIpc) is 3.37. The van der Waals surface area contributed by atoms with Crippen LogP contribution in [0.3, 0.4) is 0 Å². The van der Waals surface area contributed by atoms with Crippen LogP contribution in [0.4, 0.5) is 17.1 Å². The van der Waals surface area contributed by atoms with Crippen molar-refractivity contribution in [2.24, 2.45) is 0 Å². The molecule has 1 unspecified atom stereocenters. The summed E-state index contributed by atoms with van der Waals surface area (Å²) in [6, 6.07) is 33.1. The minimum Gasteiger partial charge on any atom is -0.378 e. The van der Waals surface area contributed by atoms with E-state index < -0.39 is 0 Å². The van der Waals surface area contributed by atoms with Gasteiger partial charge in [-0.1, -0.05) is 100 Å². The maximum atomic E-state index is 5.34. The van der Waals surface area contributed by atoms with Gasteiger partial charge in [0, 0.05) is 22.3 Å². The highest BCUT2D eigenvalue weighted by Crippen LogP contribution is 2.42. The van der Waals surface area contributed by atoms with Gasteiger partial charge in [0.05, 0.1) is 22.9 Å². The van der Waals surface area contributed by atoms with Crippen molar-refractivity contribution >= 4 is 28.0 Å². The second-order valence-corrected chi connectivity index (χ2v) is 11.7. The van der Waals surface area contributed by atoms with E-state index in [0.29, 0.717) is 11.8 Å². The Morgan fingerprint density at radius 3 is 2.17 bits per heavy atom. The molecule has 0 radical (unpaired) electrons. The van der Waals surface area contributed by atoms with E-state index in [-0.39, 0.29) is 6.04 Å². The Morgan fingerprint density at radius 1 is 0.725 bits per heavy atom. The number of hydrogen-bond donors (Lipinski definition) is 2. The van der Waals surface area contributed by atoms with Crippen molar-refractivity contribution in [1.82, 2.24) is 4.98 Å². The molecule has 2 N–H and O–H groups in total. The van der Waals surface area contributed by atoms with Crippen molar-refractivity contribution in [2.75, 3.05) is 10.6 Å². The van der Waals surface area contributed by atoms with Crippen LogP contribution in [0.25, 0.3) is 22.2 Å². The lowest BCUT2D eigenvalue weighted by Gasteiger charge is -2.22. The Labute approximate surface area is 238 Å². The highest BCUT2D eigenvalue weighted by Gasteiger charge is 2.27. The van der Waals surface area contributed by atoms with Crippen molar-refractivity contribution in [1.29, 1.82) is 0 Å². The molecule has 0 saturated heterocycles. The Bertz CT molecular complexity index is 1650. The van der Waals surface area contributed by atoms with Gasteiger partial charge in [-0.05, 0) is 77.6 Å². The van der Waals surface area contributed by atoms with E-state index >= 15 is 0 Å². The Hall–Kier alpha value is -4.11. The minimum absolute atomic E-state index is 0.268. The summed E-state index contributed by atoms with van der Waals surface area (Å²) in [7, 11) is 0. The first-order valence-electron chi connectivity index (χ1n) is 14.6. The minimum atomic E-state index is 0.268. The van der Waals surface area contributed by atoms with Crippen LogP contribution in [0.5, 0.6) is 0 Å². The molecule has 1 aliphatic rings. The number of pyridine rings is 1. The van der Waals surface area contributed by atoms with Crippen molar-refractivity contribution in [3.05, 3.63) is 119 Å². The molecular weight excluding hydrogens is 486 g/mol. The van der Waals surface area contributed by atoms with Gasteiger partial charge in [0.15, 0.2) is 0 Å². The summed E-state index contributed by atoms with van der Waals surface area (Å²) >= 11 is 0. The summed E-state index contributed by atoms with van der Waals surface area (Å²) in [6.45, 7) is 11.2. The smallest absolute Gasteiger partial charge is 0.0944 e. The number of benzene rings is 4. The van der Waals surface area contributed by atoms with Crippen LogP contribution in [0.15, 0.2) is 91.0 Å². The number of aromatic nitrogens is 1. The summed E-state index contributed by atoms with van der Waals surface area (Å²) in [5.74, 6) is 0.841. The Kier molecular flexibility index (Phi) is 7.06. The summed E-state index contributed by atoms with van der Waals surface area (Å²) in [6.07, 6.45) is 2.17.